The van der Waals surface area contributed by atoms with Crippen LogP contribution in [-0.2, 0) is 6.54 Å². The van der Waals surface area contributed by atoms with E-state index in [1.54, 1.807) is 12.1 Å². The zero-order valence-electron chi connectivity index (χ0n) is 8.51. The van der Waals surface area contributed by atoms with Gasteiger partial charge in [-0.15, -0.1) is 11.3 Å². The molecular formula is C10H8ClF3N2S. The molecule has 1 N–H and O–H groups in total. The number of halogens is 4. The van der Waals surface area contributed by atoms with Crippen LogP contribution in [0.15, 0.2) is 18.2 Å². The summed E-state index contributed by atoms with van der Waals surface area (Å²) in [5.41, 5.74) is 0.714. The van der Waals surface area contributed by atoms with E-state index < -0.39 is 12.7 Å². The van der Waals surface area contributed by atoms with Gasteiger partial charge in [-0.25, -0.2) is 4.98 Å². The van der Waals surface area contributed by atoms with Crippen molar-refractivity contribution in [1.29, 1.82) is 0 Å². The molecule has 0 amide bonds. The molecule has 2 rings (SSSR count). The molecular weight excluding hydrogens is 273 g/mol. The smallest absolute Gasteiger partial charge is 0.302 e. The van der Waals surface area contributed by atoms with Crippen LogP contribution in [0.3, 0.4) is 0 Å². The number of fused-ring (bicyclic) bond motifs is 1. The van der Waals surface area contributed by atoms with Crippen LogP contribution in [0.2, 0.25) is 5.02 Å². The molecule has 0 aliphatic rings. The normalized spacial score (nSPS) is 12.2. The summed E-state index contributed by atoms with van der Waals surface area (Å²) in [6, 6.07) is 5.23. The minimum absolute atomic E-state index is 0.108. The SMILES string of the molecule is FC(F)(F)CNCc1nc2cc(Cl)ccc2s1. The molecule has 0 fully saturated rings. The van der Waals surface area contributed by atoms with Crippen LogP contribution < -0.4 is 5.32 Å². The van der Waals surface area contributed by atoms with E-state index in [0.29, 0.717) is 15.5 Å². The molecule has 1 heterocycles. The van der Waals surface area contributed by atoms with Crippen LogP contribution in [0.25, 0.3) is 10.2 Å². The highest BCUT2D eigenvalue weighted by Crippen LogP contribution is 2.25. The maximum absolute atomic E-state index is 11.9. The molecule has 1 aromatic carbocycles. The van der Waals surface area contributed by atoms with E-state index in [1.165, 1.54) is 11.3 Å². The van der Waals surface area contributed by atoms with E-state index in [1.807, 2.05) is 6.07 Å². The zero-order valence-corrected chi connectivity index (χ0v) is 10.1. The summed E-state index contributed by atoms with van der Waals surface area (Å²) in [5, 5.41) is 3.49. The lowest BCUT2D eigenvalue weighted by atomic mass is 10.3. The minimum Gasteiger partial charge on any atom is -0.302 e. The molecule has 0 atom stereocenters. The number of nitrogens with one attached hydrogen (secondary N) is 1. The van der Waals surface area contributed by atoms with E-state index in [-0.39, 0.29) is 6.54 Å². The average molecular weight is 281 g/mol. The van der Waals surface area contributed by atoms with Gasteiger partial charge < -0.3 is 5.32 Å². The third kappa shape index (κ3) is 3.55. The lowest BCUT2D eigenvalue weighted by molar-refractivity contribution is -0.125. The van der Waals surface area contributed by atoms with Gasteiger partial charge in [-0.05, 0) is 18.2 Å². The third-order valence-electron chi connectivity index (χ3n) is 2.00. The van der Waals surface area contributed by atoms with Gasteiger partial charge >= 0.3 is 6.18 Å². The first-order chi connectivity index (χ1) is 7.94. The van der Waals surface area contributed by atoms with Gasteiger partial charge in [-0.3, -0.25) is 0 Å². The highest BCUT2D eigenvalue weighted by molar-refractivity contribution is 7.18. The molecule has 0 bridgehead atoms. The molecule has 0 aliphatic heterocycles. The van der Waals surface area contributed by atoms with Crippen molar-refractivity contribution in [2.45, 2.75) is 12.7 Å². The molecule has 0 saturated carbocycles. The Balaban J connectivity index is 2.05. The van der Waals surface area contributed by atoms with Gasteiger partial charge in [-0.1, -0.05) is 11.6 Å². The summed E-state index contributed by atoms with van der Waals surface area (Å²) in [4.78, 5) is 4.20. The fraction of sp³-hybridized carbons (Fsp3) is 0.300. The molecule has 2 nitrogen and oxygen atoms in total. The summed E-state index contributed by atoms with van der Waals surface area (Å²) in [6.45, 7) is -0.903. The largest absolute Gasteiger partial charge is 0.401 e. The van der Waals surface area contributed by atoms with Gasteiger partial charge in [0.1, 0.15) is 5.01 Å². The summed E-state index contributed by atoms with van der Waals surface area (Å²) >= 11 is 7.15. The maximum Gasteiger partial charge on any atom is 0.401 e. The summed E-state index contributed by atoms with van der Waals surface area (Å²) in [7, 11) is 0. The van der Waals surface area contributed by atoms with Crippen LogP contribution in [0.4, 0.5) is 13.2 Å². The van der Waals surface area contributed by atoms with Crippen LogP contribution in [0, 0.1) is 0 Å². The summed E-state index contributed by atoms with van der Waals surface area (Å²) < 4.78 is 36.7. The number of thiazole rings is 1. The Hall–Kier alpha value is -0.850. The quantitative estimate of drug-likeness (QED) is 0.929. The van der Waals surface area contributed by atoms with Crippen molar-refractivity contribution in [1.82, 2.24) is 10.3 Å². The Bertz CT molecular complexity index is 524. The molecule has 17 heavy (non-hydrogen) atoms. The van der Waals surface area contributed by atoms with Crippen molar-refractivity contribution >= 4 is 33.2 Å². The standard InChI is InChI=1S/C10H8ClF3N2S/c11-6-1-2-8-7(3-6)16-9(17-8)4-15-5-10(12,13)14/h1-3,15H,4-5H2. The highest BCUT2D eigenvalue weighted by Gasteiger charge is 2.26. The molecule has 92 valence electrons. The fourth-order valence-corrected chi connectivity index (χ4v) is 2.42. The van der Waals surface area contributed by atoms with Gasteiger partial charge in [0, 0.05) is 11.6 Å². The molecule has 1 aromatic heterocycles. The van der Waals surface area contributed by atoms with Crippen LogP contribution in [0.5, 0.6) is 0 Å². The van der Waals surface area contributed by atoms with Crippen LogP contribution >= 0.6 is 22.9 Å². The van der Waals surface area contributed by atoms with Crippen LogP contribution in [0.1, 0.15) is 5.01 Å². The third-order valence-corrected chi connectivity index (χ3v) is 3.27. The second-order valence-electron chi connectivity index (χ2n) is 3.44. The second kappa shape index (κ2) is 4.80. The minimum atomic E-state index is -4.19. The zero-order chi connectivity index (χ0) is 12.5. The van der Waals surface area contributed by atoms with Gasteiger partial charge in [0.05, 0.1) is 16.8 Å². The number of rotatable bonds is 3. The second-order valence-corrected chi connectivity index (χ2v) is 4.99. The predicted molar refractivity (Wildman–Crippen MR) is 62.4 cm³/mol. The van der Waals surface area contributed by atoms with Crippen LogP contribution in [-0.4, -0.2) is 17.7 Å². The fourth-order valence-electron chi connectivity index (χ4n) is 1.34. The Morgan fingerprint density at radius 1 is 1.35 bits per heavy atom. The van der Waals surface area contributed by atoms with Crippen molar-refractivity contribution in [3.63, 3.8) is 0 Å². The van der Waals surface area contributed by atoms with E-state index >= 15 is 0 Å². The summed E-state index contributed by atoms with van der Waals surface area (Å²) in [5.74, 6) is 0. The first kappa shape index (κ1) is 12.6. The molecule has 0 radical (unpaired) electrons. The van der Waals surface area contributed by atoms with Crippen molar-refractivity contribution in [3.05, 3.63) is 28.2 Å². The Labute approximate surface area is 104 Å². The van der Waals surface area contributed by atoms with Gasteiger partial charge in [0.2, 0.25) is 0 Å². The average Bonchev–Trinajstić information content (AvgIpc) is 2.57. The number of hydrogen-bond acceptors (Lipinski definition) is 3. The number of hydrogen-bond donors (Lipinski definition) is 1. The Morgan fingerprint density at radius 2 is 2.12 bits per heavy atom. The molecule has 7 heteroatoms. The topological polar surface area (TPSA) is 24.9 Å². The molecule has 0 unspecified atom stereocenters. The summed E-state index contributed by atoms with van der Waals surface area (Å²) in [6.07, 6.45) is -4.19. The van der Waals surface area contributed by atoms with Crippen molar-refractivity contribution in [2.75, 3.05) is 6.54 Å². The first-order valence-corrected chi connectivity index (χ1v) is 5.96. The number of benzene rings is 1. The van der Waals surface area contributed by atoms with E-state index in [4.69, 9.17) is 11.6 Å². The van der Waals surface area contributed by atoms with Gasteiger partial charge in [-0.2, -0.15) is 13.2 Å². The van der Waals surface area contributed by atoms with Crippen molar-refractivity contribution in [2.24, 2.45) is 0 Å². The molecule has 0 aliphatic carbocycles. The molecule has 0 spiro atoms. The van der Waals surface area contributed by atoms with E-state index in [2.05, 4.69) is 10.3 Å². The Morgan fingerprint density at radius 3 is 2.82 bits per heavy atom. The van der Waals surface area contributed by atoms with Gasteiger partial charge in [0.15, 0.2) is 0 Å². The van der Waals surface area contributed by atoms with E-state index in [9.17, 15) is 13.2 Å². The lowest BCUT2D eigenvalue weighted by Crippen LogP contribution is -2.28. The Kier molecular flexibility index (Phi) is 3.56. The molecule has 0 saturated heterocycles. The van der Waals surface area contributed by atoms with Crippen molar-refractivity contribution < 1.29 is 13.2 Å². The lowest BCUT2D eigenvalue weighted by Gasteiger charge is -2.05. The van der Waals surface area contributed by atoms with Crippen molar-refractivity contribution in [3.8, 4) is 0 Å². The molecule has 2 aromatic rings. The highest BCUT2D eigenvalue weighted by atomic mass is 35.5. The maximum atomic E-state index is 11.9. The first-order valence-electron chi connectivity index (χ1n) is 4.76. The number of alkyl halides is 3. The predicted octanol–water partition coefficient (Wildman–Crippen LogP) is 3.60. The monoisotopic (exact) mass is 280 g/mol. The van der Waals surface area contributed by atoms with Gasteiger partial charge in [0.25, 0.3) is 0 Å². The number of nitrogens with zero attached hydrogens (tertiary/aromatic N) is 1. The number of aromatic nitrogens is 1. The van der Waals surface area contributed by atoms with E-state index in [0.717, 1.165) is 4.70 Å².